The number of fused-ring (bicyclic) bond motifs is 1. The normalized spacial score (nSPS) is 30.8. The minimum absolute atomic E-state index is 0.221. The number of hydrogen-bond donors (Lipinski definition) is 4. The Morgan fingerprint density at radius 1 is 1.61 bits per heavy atom. The molecule has 0 saturated carbocycles. The lowest BCUT2D eigenvalue weighted by atomic mass is 10.3. The summed E-state index contributed by atoms with van der Waals surface area (Å²) in [5.74, 6) is 0.145. The molecule has 3 heterocycles. The highest BCUT2D eigenvalue weighted by Gasteiger charge is 2.33. The Bertz CT molecular complexity index is 476. The van der Waals surface area contributed by atoms with Gasteiger partial charge in [0.25, 0.3) is 5.91 Å². The van der Waals surface area contributed by atoms with E-state index in [1.807, 2.05) is 0 Å². The Balaban J connectivity index is 1.88. The summed E-state index contributed by atoms with van der Waals surface area (Å²) in [5.41, 5.74) is 5.88. The van der Waals surface area contributed by atoms with Gasteiger partial charge in [0.15, 0.2) is 24.5 Å². The molecule has 5 N–H and O–H groups in total. The second-order valence-corrected chi connectivity index (χ2v) is 3.98. The number of rotatable bonds is 2. The first-order valence-corrected chi connectivity index (χ1v) is 5.47. The van der Waals surface area contributed by atoms with Gasteiger partial charge in [-0.15, -0.1) is 0 Å². The molecular weight excluding hydrogens is 242 g/mol. The Kier molecular flexibility index (Phi) is 2.67. The molecule has 1 saturated heterocycles. The zero-order valence-electron chi connectivity index (χ0n) is 9.37. The molecule has 98 valence electrons. The van der Waals surface area contributed by atoms with Gasteiger partial charge < -0.3 is 25.2 Å². The monoisotopic (exact) mass is 255 g/mol. The molecule has 3 atom stereocenters. The van der Waals surface area contributed by atoms with Gasteiger partial charge in [0.2, 0.25) is 0 Å². The third kappa shape index (κ3) is 1.73. The fraction of sp³-hybridized carbons (Fsp3) is 0.556. The van der Waals surface area contributed by atoms with E-state index in [-0.39, 0.29) is 24.8 Å². The fourth-order valence-electron chi connectivity index (χ4n) is 1.97. The van der Waals surface area contributed by atoms with Crippen LogP contribution in [-0.4, -0.2) is 46.4 Å². The van der Waals surface area contributed by atoms with Gasteiger partial charge in [-0.25, -0.2) is 4.98 Å². The van der Waals surface area contributed by atoms with Gasteiger partial charge in [0.05, 0.1) is 19.5 Å². The maximum atomic E-state index is 11.6. The smallest absolute Gasteiger partial charge is 0.276 e. The molecule has 1 amide bonds. The van der Waals surface area contributed by atoms with Crippen molar-refractivity contribution >= 4 is 11.7 Å². The lowest BCUT2D eigenvalue weighted by molar-refractivity contribution is -0.0983. The van der Waals surface area contributed by atoms with E-state index in [2.05, 4.69) is 15.6 Å². The number of nitrogens with two attached hydrogens (primary N) is 1. The van der Waals surface area contributed by atoms with Crippen molar-refractivity contribution < 1.29 is 19.4 Å². The van der Waals surface area contributed by atoms with E-state index < -0.39 is 18.8 Å². The van der Waals surface area contributed by atoms with Gasteiger partial charge in [0.1, 0.15) is 5.82 Å². The predicted molar refractivity (Wildman–Crippen MR) is 58.2 cm³/mol. The fourth-order valence-corrected chi connectivity index (χ4v) is 1.97. The summed E-state index contributed by atoms with van der Waals surface area (Å²) in [6.45, 7) is 0.0490. The lowest BCUT2D eigenvalue weighted by Crippen LogP contribution is -2.51. The van der Waals surface area contributed by atoms with Crippen LogP contribution >= 0.6 is 0 Å². The summed E-state index contributed by atoms with van der Waals surface area (Å²) in [5, 5.41) is 14.3. The van der Waals surface area contributed by atoms with Crippen molar-refractivity contribution in [2.45, 2.75) is 18.8 Å². The number of hydrogen-bond acceptors (Lipinski definition) is 7. The summed E-state index contributed by atoms with van der Waals surface area (Å²) >= 11 is 0. The molecule has 9 heteroatoms. The van der Waals surface area contributed by atoms with Gasteiger partial charge in [0, 0.05) is 0 Å². The third-order valence-electron chi connectivity index (χ3n) is 2.78. The number of nitrogens with zero attached hydrogens (tertiary/aromatic N) is 2. The molecule has 1 aromatic heterocycles. The first-order chi connectivity index (χ1) is 8.69. The largest absolute Gasteiger partial charge is 0.391 e. The Hall–Kier alpha value is -1.68. The zero-order valence-corrected chi connectivity index (χ0v) is 9.37. The standard InChI is InChI=1S/C9H13N5O4/c10-9-12-7-6(8(16)13-9)11-3-14(7)4-2-17-5(1-15)18-4/h3-5,9,12,15H,1-2,10H2,(H,13,16). The Labute approximate surface area is 102 Å². The molecule has 0 bridgehead atoms. The molecule has 0 spiro atoms. The topological polar surface area (TPSA) is 124 Å². The summed E-state index contributed by atoms with van der Waals surface area (Å²) in [6, 6.07) is 0. The molecule has 9 nitrogen and oxygen atoms in total. The minimum atomic E-state index is -0.670. The number of aliphatic hydroxyl groups is 1. The van der Waals surface area contributed by atoms with Crippen molar-refractivity contribution in [3.8, 4) is 0 Å². The number of nitrogens with one attached hydrogen (secondary N) is 2. The molecule has 18 heavy (non-hydrogen) atoms. The molecule has 2 aliphatic rings. The van der Waals surface area contributed by atoms with Crippen LogP contribution in [0.3, 0.4) is 0 Å². The average molecular weight is 255 g/mol. The second-order valence-electron chi connectivity index (χ2n) is 3.98. The van der Waals surface area contributed by atoms with E-state index in [0.717, 1.165) is 0 Å². The molecule has 0 aliphatic carbocycles. The SMILES string of the molecule is NC1NC(=O)c2ncn(C3COC(CO)O3)c2N1. The van der Waals surface area contributed by atoms with Gasteiger partial charge in [-0.2, -0.15) is 0 Å². The summed E-state index contributed by atoms with van der Waals surface area (Å²) in [6.07, 6.45) is -0.289. The van der Waals surface area contributed by atoms with Crippen LogP contribution in [0.25, 0.3) is 0 Å². The molecule has 2 aliphatic heterocycles. The summed E-state index contributed by atoms with van der Waals surface area (Å²) in [4.78, 5) is 15.6. The van der Waals surface area contributed by atoms with Gasteiger partial charge in [-0.3, -0.25) is 15.1 Å². The van der Waals surface area contributed by atoms with Crippen molar-refractivity contribution in [2.75, 3.05) is 18.5 Å². The maximum absolute atomic E-state index is 11.6. The van der Waals surface area contributed by atoms with Crippen molar-refractivity contribution in [2.24, 2.45) is 5.73 Å². The molecule has 3 unspecified atom stereocenters. The first kappa shape index (κ1) is 11.4. The number of ether oxygens (including phenoxy) is 2. The number of aliphatic hydroxyl groups excluding tert-OH is 1. The van der Waals surface area contributed by atoms with Crippen LogP contribution in [0, 0.1) is 0 Å². The zero-order chi connectivity index (χ0) is 12.7. The van der Waals surface area contributed by atoms with Gasteiger partial charge in [-0.05, 0) is 0 Å². The highest BCUT2D eigenvalue weighted by molar-refractivity contribution is 5.98. The molecule has 1 fully saturated rings. The highest BCUT2D eigenvalue weighted by Crippen LogP contribution is 2.27. The van der Waals surface area contributed by atoms with Crippen molar-refractivity contribution in [3.05, 3.63) is 12.0 Å². The molecule has 3 rings (SSSR count). The van der Waals surface area contributed by atoms with Crippen LogP contribution in [0.15, 0.2) is 6.33 Å². The van der Waals surface area contributed by atoms with Crippen LogP contribution < -0.4 is 16.4 Å². The predicted octanol–water partition coefficient (Wildman–Crippen LogP) is -1.86. The van der Waals surface area contributed by atoms with Crippen molar-refractivity contribution in [1.82, 2.24) is 14.9 Å². The molecule has 0 aromatic carbocycles. The van der Waals surface area contributed by atoms with E-state index in [1.54, 1.807) is 4.57 Å². The van der Waals surface area contributed by atoms with E-state index in [9.17, 15) is 4.79 Å². The lowest BCUT2D eigenvalue weighted by Gasteiger charge is -2.24. The Morgan fingerprint density at radius 2 is 2.44 bits per heavy atom. The van der Waals surface area contributed by atoms with Crippen LogP contribution in [0.2, 0.25) is 0 Å². The van der Waals surface area contributed by atoms with Crippen LogP contribution in [-0.2, 0) is 9.47 Å². The van der Waals surface area contributed by atoms with E-state index in [4.69, 9.17) is 20.3 Å². The Morgan fingerprint density at radius 3 is 3.17 bits per heavy atom. The maximum Gasteiger partial charge on any atom is 0.276 e. The summed E-state index contributed by atoms with van der Waals surface area (Å²) < 4.78 is 12.3. The number of carbonyl (C=O) groups is 1. The van der Waals surface area contributed by atoms with E-state index in [1.165, 1.54) is 6.33 Å². The van der Waals surface area contributed by atoms with E-state index in [0.29, 0.717) is 5.82 Å². The average Bonchev–Trinajstić information content (AvgIpc) is 2.93. The number of imidazole rings is 1. The van der Waals surface area contributed by atoms with Gasteiger partial charge in [-0.1, -0.05) is 0 Å². The molecular formula is C9H13N5O4. The first-order valence-electron chi connectivity index (χ1n) is 5.47. The van der Waals surface area contributed by atoms with Crippen LogP contribution in [0.5, 0.6) is 0 Å². The highest BCUT2D eigenvalue weighted by atomic mass is 16.7. The van der Waals surface area contributed by atoms with Crippen LogP contribution in [0.4, 0.5) is 5.82 Å². The second kappa shape index (κ2) is 4.21. The van der Waals surface area contributed by atoms with E-state index >= 15 is 0 Å². The minimum Gasteiger partial charge on any atom is -0.391 e. The number of carbonyl (C=O) groups excluding carboxylic acids is 1. The van der Waals surface area contributed by atoms with Crippen molar-refractivity contribution in [3.63, 3.8) is 0 Å². The summed E-state index contributed by atoms with van der Waals surface area (Å²) in [7, 11) is 0. The number of aromatic nitrogens is 2. The molecule has 0 radical (unpaired) electrons. The number of anilines is 1. The number of amides is 1. The van der Waals surface area contributed by atoms with Crippen molar-refractivity contribution in [1.29, 1.82) is 0 Å². The third-order valence-corrected chi connectivity index (χ3v) is 2.78. The van der Waals surface area contributed by atoms with Crippen LogP contribution in [0.1, 0.15) is 16.7 Å². The van der Waals surface area contributed by atoms with Gasteiger partial charge >= 0.3 is 0 Å². The quantitative estimate of drug-likeness (QED) is 0.488. The molecule has 1 aromatic rings.